The maximum absolute atomic E-state index is 12.4. The van der Waals surface area contributed by atoms with Crippen molar-refractivity contribution in [2.75, 3.05) is 13.2 Å². The number of esters is 1. The number of amides is 1. The molecule has 416 valence electrons. The largest absolute Gasteiger partial charge is 0.466 e. The van der Waals surface area contributed by atoms with Crippen LogP contribution in [-0.4, -0.2) is 47.4 Å². The summed E-state index contributed by atoms with van der Waals surface area (Å²) in [6.45, 7) is 4.96. The van der Waals surface area contributed by atoms with Crippen molar-refractivity contribution in [3.05, 3.63) is 12.2 Å². The fourth-order valence-electron chi connectivity index (χ4n) is 10.2. The van der Waals surface area contributed by atoms with Gasteiger partial charge in [-0.2, -0.15) is 0 Å². The van der Waals surface area contributed by atoms with E-state index in [1.165, 1.54) is 289 Å². The molecule has 2 atom stereocenters. The monoisotopic (exact) mass is 988 g/mol. The molecule has 0 saturated heterocycles. The number of hydrogen-bond acceptors (Lipinski definition) is 5. The number of aliphatic hydroxyl groups is 2. The Morgan fingerprint density at radius 1 is 0.386 bits per heavy atom. The van der Waals surface area contributed by atoms with E-state index in [0.29, 0.717) is 25.9 Å². The number of hydrogen-bond donors (Lipinski definition) is 3. The lowest BCUT2D eigenvalue weighted by Gasteiger charge is -2.22. The molecule has 0 aliphatic heterocycles. The first-order valence-electron chi connectivity index (χ1n) is 31.9. The van der Waals surface area contributed by atoms with Gasteiger partial charge in [0.05, 0.1) is 25.4 Å². The van der Waals surface area contributed by atoms with Crippen LogP contribution in [0.3, 0.4) is 0 Å². The number of ether oxygens (including phenoxy) is 1. The van der Waals surface area contributed by atoms with Gasteiger partial charge in [-0.15, -0.1) is 0 Å². The molecule has 0 aliphatic carbocycles. The van der Waals surface area contributed by atoms with E-state index >= 15 is 0 Å². The Morgan fingerprint density at radius 3 is 1.01 bits per heavy atom. The number of allylic oxidation sites excluding steroid dienone is 2. The van der Waals surface area contributed by atoms with Gasteiger partial charge in [0.2, 0.25) is 5.91 Å². The first-order chi connectivity index (χ1) is 34.5. The van der Waals surface area contributed by atoms with Gasteiger partial charge in [0, 0.05) is 12.8 Å². The van der Waals surface area contributed by atoms with Gasteiger partial charge in [-0.1, -0.05) is 309 Å². The standard InChI is InChI=1S/C64H125NO5/c1-3-5-7-9-11-13-15-16-35-38-42-46-50-54-58-64(69)70-59-55-51-47-43-39-36-33-31-29-27-25-23-21-19-17-18-20-22-24-26-28-30-32-34-37-41-45-49-53-57-63(68)65-61(60-66)62(67)56-52-48-44-40-14-12-10-8-6-4-2/h17,19,61-62,66-67H,3-16,18,20-60H2,1-2H3,(H,65,68)/b19-17-. The predicted molar refractivity (Wildman–Crippen MR) is 306 cm³/mol. The first kappa shape index (κ1) is 68.6. The average Bonchev–Trinajstić information content (AvgIpc) is 3.36. The van der Waals surface area contributed by atoms with E-state index in [2.05, 4.69) is 31.3 Å². The summed E-state index contributed by atoms with van der Waals surface area (Å²) >= 11 is 0. The molecule has 6 nitrogen and oxygen atoms in total. The van der Waals surface area contributed by atoms with Crippen LogP contribution in [0.2, 0.25) is 0 Å². The highest BCUT2D eigenvalue weighted by molar-refractivity contribution is 5.76. The molecule has 1 amide bonds. The Bertz CT molecular complexity index is 1050. The van der Waals surface area contributed by atoms with Crippen LogP contribution in [0.25, 0.3) is 0 Å². The number of unbranched alkanes of at least 4 members (excludes halogenated alkanes) is 47. The van der Waals surface area contributed by atoms with Crippen molar-refractivity contribution in [2.45, 2.75) is 373 Å². The summed E-state index contributed by atoms with van der Waals surface area (Å²) in [4.78, 5) is 24.5. The summed E-state index contributed by atoms with van der Waals surface area (Å²) in [5.74, 6) is -0.0149. The van der Waals surface area contributed by atoms with Crippen molar-refractivity contribution in [1.82, 2.24) is 5.32 Å². The van der Waals surface area contributed by atoms with Crippen LogP contribution >= 0.6 is 0 Å². The molecule has 0 radical (unpaired) electrons. The van der Waals surface area contributed by atoms with E-state index in [1.54, 1.807) is 0 Å². The van der Waals surface area contributed by atoms with E-state index < -0.39 is 12.1 Å². The quantitative estimate of drug-likeness (QED) is 0.0321. The van der Waals surface area contributed by atoms with Crippen molar-refractivity contribution in [2.24, 2.45) is 0 Å². The number of aliphatic hydroxyl groups excluding tert-OH is 2. The van der Waals surface area contributed by atoms with E-state index in [4.69, 9.17) is 4.74 Å². The third kappa shape index (κ3) is 55.9. The lowest BCUT2D eigenvalue weighted by atomic mass is 10.0. The van der Waals surface area contributed by atoms with E-state index in [9.17, 15) is 19.8 Å². The highest BCUT2D eigenvalue weighted by atomic mass is 16.5. The minimum Gasteiger partial charge on any atom is -0.466 e. The third-order valence-corrected chi connectivity index (χ3v) is 15.1. The minimum absolute atomic E-state index is 0.0193. The molecule has 70 heavy (non-hydrogen) atoms. The van der Waals surface area contributed by atoms with E-state index in [1.807, 2.05) is 0 Å². The molecule has 0 aromatic heterocycles. The van der Waals surface area contributed by atoms with Crippen molar-refractivity contribution in [3.63, 3.8) is 0 Å². The van der Waals surface area contributed by atoms with Crippen molar-refractivity contribution in [3.8, 4) is 0 Å². The second kappa shape index (κ2) is 60.2. The van der Waals surface area contributed by atoms with E-state index in [-0.39, 0.29) is 18.5 Å². The predicted octanol–water partition coefficient (Wildman–Crippen LogP) is 20.0. The molecule has 0 spiro atoms. The molecule has 0 fully saturated rings. The smallest absolute Gasteiger partial charge is 0.305 e. The summed E-state index contributed by atoms with van der Waals surface area (Å²) in [5.41, 5.74) is 0. The molecule has 0 rings (SSSR count). The number of rotatable bonds is 60. The summed E-state index contributed by atoms with van der Waals surface area (Å²) in [5, 5.41) is 23.2. The van der Waals surface area contributed by atoms with Crippen molar-refractivity contribution < 1.29 is 24.5 Å². The van der Waals surface area contributed by atoms with Gasteiger partial charge in [0.15, 0.2) is 0 Å². The van der Waals surface area contributed by atoms with Crippen molar-refractivity contribution >= 4 is 11.9 Å². The van der Waals surface area contributed by atoms with Crippen LogP contribution in [0.1, 0.15) is 361 Å². The second-order valence-corrected chi connectivity index (χ2v) is 22.1. The zero-order valence-corrected chi connectivity index (χ0v) is 47.5. The zero-order valence-electron chi connectivity index (χ0n) is 47.5. The second-order valence-electron chi connectivity index (χ2n) is 22.1. The number of carbonyl (C=O) groups excluding carboxylic acids is 2. The van der Waals surface area contributed by atoms with Gasteiger partial charge < -0.3 is 20.3 Å². The molecule has 0 aromatic rings. The molecular formula is C64H125NO5. The lowest BCUT2D eigenvalue weighted by Crippen LogP contribution is -2.45. The van der Waals surface area contributed by atoms with Gasteiger partial charge in [0.1, 0.15) is 0 Å². The molecule has 3 N–H and O–H groups in total. The van der Waals surface area contributed by atoms with Crippen LogP contribution in [0.5, 0.6) is 0 Å². The minimum atomic E-state index is -0.661. The highest BCUT2D eigenvalue weighted by Gasteiger charge is 2.20. The molecule has 0 heterocycles. The van der Waals surface area contributed by atoms with Gasteiger partial charge in [-0.3, -0.25) is 9.59 Å². The van der Waals surface area contributed by atoms with Gasteiger partial charge >= 0.3 is 5.97 Å². The number of carbonyl (C=O) groups is 2. The maximum Gasteiger partial charge on any atom is 0.305 e. The molecule has 0 bridgehead atoms. The SMILES string of the molecule is CCCCCCCCCCCCCCCCC(=O)OCCCCCCCCCCCCCC/C=C\CCCCCCCCCCCCCCCC(=O)NC(CO)C(O)CCCCCCCCCCCC. The molecule has 6 heteroatoms. The third-order valence-electron chi connectivity index (χ3n) is 15.1. The Kier molecular flexibility index (Phi) is 59.0. The summed E-state index contributed by atoms with van der Waals surface area (Å²) in [6, 6.07) is -0.538. The Hall–Kier alpha value is -1.40. The highest BCUT2D eigenvalue weighted by Crippen LogP contribution is 2.18. The molecule has 2 unspecified atom stereocenters. The fourth-order valence-corrected chi connectivity index (χ4v) is 10.2. The normalized spacial score (nSPS) is 12.6. The maximum atomic E-state index is 12.4. The van der Waals surface area contributed by atoms with E-state index in [0.717, 1.165) is 38.5 Å². The number of nitrogens with one attached hydrogen (secondary N) is 1. The Labute approximate surface area is 438 Å². The topological polar surface area (TPSA) is 95.9 Å². The zero-order chi connectivity index (χ0) is 50.7. The average molecular weight is 989 g/mol. The summed E-state index contributed by atoms with van der Waals surface area (Å²) < 4.78 is 5.49. The van der Waals surface area contributed by atoms with Gasteiger partial charge in [0.25, 0.3) is 0 Å². The summed E-state index contributed by atoms with van der Waals surface area (Å²) in [6.07, 6.45) is 72.5. The molecular weight excluding hydrogens is 863 g/mol. The lowest BCUT2D eigenvalue weighted by molar-refractivity contribution is -0.143. The Balaban J connectivity index is 3.33. The first-order valence-corrected chi connectivity index (χ1v) is 31.9. The van der Waals surface area contributed by atoms with Gasteiger partial charge in [-0.05, 0) is 51.4 Å². The Morgan fingerprint density at radius 2 is 0.671 bits per heavy atom. The van der Waals surface area contributed by atoms with Crippen LogP contribution in [0.4, 0.5) is 0 Å². The van der Waals surface area contributed by atoms with Crippen molar-refractivity contribution in [1.29, 1.82) is 0 Å². The summed E-state index contributed by atoms with van der Waals surface area (Å²) in [7, 11) is 0. The van der Waals surface area contributed by atoms with Crippen LogP contribution < -0.4 is 5.32 Å². The molecule has 0 aliphatic rings. The van der Waals surface area contributed by atoms with Crippen LogP contribution in [-0.2, 0) is 14.3 Å². The molecule has 0 aromatic carbocycles. The molecule has 0 saturated carbocycles. The fraction of sp³-hybridized carbons (Fsp3) is 0.938. The van der Waals surface area contributed by atoms with Crippen LogP contribution in [0.15, 0.2) is 12.2 Å². The van der Waals surface area contributed by atoms with Gasteiger partial charge in [-0.25, -0.2) is 0 Å². The van der Waals surface area contributed by atoms with Crippen LogP contribution in [0, 0.1) is 0 Å².